The summed E-state index contributed by atoms with van der Waals surface area (Å²) in [7, 11) is -3.56. The Labute approximate surface area is 231 Å². The van der Waals surface area contributed by atoms with Crippen LogP contribution in [0.1, 0.15) is 59.8 Å². The molecule has 1 fully saturated rings. The standard InChI is InChI=1S/C29H31N3O3S3/c1-19-8-7-17-32(18-19)38(34,35)21-15-13-20(14-16-21)27(33)31-29-26(22-9-3-2-4-11-24(22)36-29)28-30-23-10-5-6-12-25(23)37-28/h5-6,10,12-16,19H,2-4,7-9,11,17-18H2,1H3,(H,31,33). The Hall–Kier alpha value is -2.59. The molecular weight excluding hydrogens is 535 g/mol. The lowest BCUT2D eigenvalue weighted by molar-refractivity contribution is 0.102. The van der Waals surface area contributed by atoms with E-state index in [9.17, 15) is 13.2 Å². The van der Waals surface area contributed by atoms with Crippen molar-refractivity contribution in [2.75, 3.05) is 18.4 Å². The fourth-order valence-electron chi connectivity index (χ4n) is 5.50. The Bertz CT molecular complexity index is 1560. The first-order valence-corrected chi connectivity index (χ1v) is 16.4. The zero-order valence-corrected chi connectivity index (χ0v) is 23.9. The van der Waals surface area contributed by atoms with Gasteiger partial charge in [-0.1, -0.05) is 25.5 Å². The highest BCUT2D eigenvalue weighted by Crippen LogP contribution is 2.46. The number of aromatic nitrogens is 1. The maximum absolute atomic E-state index is 13.4. The molecule has 1 aliphatic carbocycles. The lowest BCUT2D eigenvalue weighted by Gasteiger charge is -2.30. The number of anilines is 1. The molecule has 1 unspecified atom stereocenters. The summed E-state index contributed by atoms with van der Waals surface area (Å²) in [6, 6.07) is 14.5. The maximum Gasteiger partial charge on any atom is 0.256 e. The van der Waals surface area contributed by atoms with Crippen LogP contribution in [0.15, 0.2) is 53.4 Å². The van der Waals surface area contributed by atoms with Crippen molar-refractivity contribution in [3.05, 3.63) is 64.5 Å². The lowest BCUT2D eigenvalue weighted by Crippen LogP contribution is -2.39. The molecule has 3 heterocycles. The molecule has 0 bridgehead atoms. The third kappa shape index (κ3) is 4.93. The van der Waals surface area contributed by atoms with E-state index in [0.717, 1.165) is 64.3 Å². The summed E-state index contributed by atoms with van der Waals surface area (Å²) >= 11 is 3.32. The normalized spacial score (nSPS) is 18.7. The number of rotatable bonds is 5. The van der Waals surface area contributed by atoms with Gasteiger partial charge < -0.3 is 5.32 Å². The average Bonchev–Trinajstić information content (AvgIpc) is 3.41. The Kier molecular flexibility index (Phi) is 7.11. The molecule has 6 rings (SSSR count). The van der Waals surface area contributed by atoms with Crippen molar-refractivity contribution in [2.45, 2.75) is 56.8 Å². The summed E-state index contributed by atoms with van der Waals surface area (Å²) in [5.74, 6) is 0.119. The minimum atomic E-state index is -3.56. The first-order chi connectivity index (χ1) is 18.4. The minimum Gasteiger partial charge on any atom is -0.313 e. The first-order valence-electron chi connectivity index (χ1n) is 13.3. The van der Waals surface area contributed by atoms with Crippen LogP contribution in [0.5, 0.6) is 0 Å². The van der Waals surface area contributed by atoms with Crippen molar-refractivity contribution < 1.29 is 13.2 Å². The van der Waals surface area contributed by atoms with Crippen LogP contribution in [0.3, 0.4) is 0 Å². The molecule has 6 nitrogen and oxygen atoms in total. The van der Waals surface area contributed by atoms with Crippen LogP contribution in [0.25, 0.3) is 20.8 Å². The number of para-hydroxylation sites is 1. The molecule has 198 valence electrons. The molecule has 2 aromatic carbocycles. The van der Waals surface area contributed by atoms with Crippen LogP contribution in [0.4, 0.5) is 5.00 Å². The number of hydrogen-bond donors (Lipinski definition) is 1. The predicted molar refractivity (Wildman–Crippen MR) is 156 cm³/mol. The van der Waals surface area contributed by atoms with Crippen molar-refractivity contribution in [1.29, 1.82) is 0 Å². The summed E-state index contributed by atoms with van der Waals surface area (Å²) in [5, 5.41) is 4.94. The van der Waals surface area contributed by atoms with Crippen molar-refractivity contribution in [3.63, 3.8) is 0 Å². The van der Waals surface area contributed by atoms with E-state index >= 15 is 0 Å². The second kappa shape index (κ2) is 10.5. The molecule has 9 heteroatoms. The van der Waals surface area contributed by atoms with Gasteiger partial charge in [0.05, 0.1) is 15.1 Å². The zero-order valence-electron chi connectivity index (χ0n) is 21.4. The van der Waals surface area contributed by atoms with Gasteiger partial charge in [0, 0.05) is 29.1 Å². The number of benzene rings is 2. The minimum absolute atomic E-state index is 0.237. The molecule has 4 aromatic rings. The van der Waals surface area contributed by atoms with Crippen LogP contribution in [-0.4, -0.2) is 36.7 Å². The number of thiophene rings is 1. The Morgan fingerprint density at radius 1 is 1.00 bits per heavy atom. The van der Waals surface area contributed by atoms with Gasteiger partial charge >= 0.3 is 0 Å². The topological polar surface area (TPSA) is 79.4 Å². The van der Waals surface area contributed by atoms with Crippen molar-refractivity contribution in [2.24, 2.45) is 5.92 Å². The molecule has 1 atom stereocenters. The van der Waals surface area contributed by atoms with E-state index in [1.165, 1.54) is 16.9 Å². The first kappa shape index (κ1) is 25.7. The van der Waals surface area contributed by atoms with Crippen molar-refractivity contribution in [1.82, 2.24) is 9.29 Å². The zero-order chi connectivity index (χ0) is 26.3. The molecule has 0 spiro atoms. The van der Waals surface area contributed by atoms with Gasteiger partial charge in [0.1, 0.15) is 10.0 Å². The van der Waals surface area contributed by atoms with Gasteiger partial charge in [-0.05, 0) is 86.4 Å². The molecule has 1 amide bonds. The van der Waals surface area contributed by atoms with E-state index in [0.29, 0.717) is 24.6 Å². The van der Waals surface area contributed by atoms with E-state index < -0.39 is 10.0 Å². The number of nitrogens with one attached hydrogen (secondary N) is 1. The molecule has 1 N–H and O–H groups in total. The van der Waals surface area contributed by atoms with Gasteiger partial charge in [0.15, 0.2) is 0 Å². The maximum atomic E-state index is 13.4. The van der Waals surface area contributed by atoms with Crippen LogP contribution >= 0.6 is 22.7 Å². The number of thiazole rings is 1. The average molecular weight is 566 g/mol. The number of fused-ring (bicyclic) bond motifs is 2. The smallest absolute Gasteiger partial charge is 0.256 e. The summed E-state index contributed by atoms with van der Waals surface area (Å²) in [6.07, 6.45) is 7.46. The number of nitrogens with zero attached hydrogens (tertiary/aromatic N) is 2. The molecule has 0 saturated carbocycles. The molecule has 1 saturated heterocycles. The quantitative estimate of drug-likeness (QED) is 0.265. The lowest BCUT2D eigenvalue weighted by atomic mass is 10.0. The number of hydrogen-bond acceptors (Lipinski definition) is 6. The van der Waals surface area contributed by atoms with Crippen LogP contribution in [0.2, 0.25) is 0 Å². The fraction of sp³-hybridized carbons (Fsp3) is 0.379. The highest BCUT2D eigenvalue weighted by molar-refractivity contribution is 7.89. The van der Waals surface area contributed by atoms with Crippen LogP contribution in [0, 0.1) is 5.92 Å². The molecule has 2 aromatic heterocycles. The largest absolute Gasteiger partial charge is 0.313 e. The number of carbonyl (C=O) groups excluding carboxylic acids is 1. The van der Waals surface area contributed by atoms with Crippen molar-refractivity contribution >= 4 is 53.8 Å². The number of carbonyl (C=O) groups is 1. The van der Waals surface area contributed by atoms with E-state index in [-0.39, 0.29) is 10.8 Å². The number of piperidine rings is 1. The SMILES string of the molecule is CC1CCCN(S(=O)(=O)c2ccc(C(=O)Nc3sc4c(c3-c3nc5ccccc5s3)CCCCC4)cc2)C1. The van der Waals surface area contributed by atoms with Gasteiger partial charge in [-0.25, -0.2) is 13.4 Å². The van der Waals surface area contributed by atoms with Crippen molar-refractivity contribution in [3.8, 4) is 10.6 Å². The van der Waals surface area contributed by atoms with E-state index in [2.05, 4.69) is 18.3 Å². The van der Waals surface area contributed by atoms with Crippen LogP contribution < -0.4 is 5.32 Å². The number of sulfonamides is 1. The number of amides is 1. The van der Waals surface area contributed by atoms with Crippen LogP contribution in [-0.2, 0) is 22.9 Å². The monoisotopic (exact) mass is 565 g/mol. The summed E-state index contributed by atoms with van der Waals surface area (Å²) in [5.41, 5.74) is 3.78. The summed E-state index contributed by atoms with van der Waals surface area (Å²) in [6.45, 7) is 3.18. The Balaban J connectivity index is 1.29. The highest BCUT2D eigenvalue weighted by atomic mass is 32.2. The number of aryl methyl sites for hydroxylation is 1. The molecular formula is C29H31N3O3S3. The predicted octanol–water partition coefficient (Wildman–Crippen LogP) is 6.97. The van der Waals surface area contributed by atoms with Gasteiger partial charge in [-0.15, -0.1) is 22.7 Å². The van der Waals surface area contributed by atoms with E-state index in [1.807, 2.05) is 18.2 Å². The molecule has 38 heavy (non-hydrogen) atoms. The molecule has 2 aliphatic rings. The van der Waals surface area contributed by atoms with Gasteiger partial charge in [0.25, 0.3) is 5.91 Å². The van der Waals surface area contributed by atoms with Gasteiger partial charge in [-0.3, -0.25) is 4.79 Å². The fourth-order valence-corrected chi connectivity index (χ4v) is 9.50. The highest BCUT2D eigenvalue weighted by Gasteiger charge is 2.29. The third-order valence-electron chi connectivity index (χ3n) is 7.53. The Morgan fingerprint density at radius 3 is 2.58 bits per heavy atom. The summed E-state index contributed by atoms with van der Waals surface area (Å²) in [4.78, 5) is 19.9. The molecule has 1 aliphatic heterocycles. The second-order valence-corrected chi connectivity index (χ2v) is 14.4. The second-order valence-electron chi connectivity index (χ2n) is 10.3. The van der Waals surface area contributed by atoms with E-state index in [1.54, 1.807) is 51.2 Å². The third-order valence-corrected chi connectivity index (χ3v) is 11.7. The van der Waals surface area contributed by atoms with E-state index in [4.69, 9.17) is 4.98 Å². The summed E-state index contributed by atoms with van der Waals surface area (Å²) < 4.78 is 29.0. The molecule has 0 radical (unpaired) electrons. The Morgan fingerprint density at radius 2 is 1.79 bits per heavy atom. The van der Waals surface area contributed by atoms with Gasteiger partial charge in [0.2, 0.25) is 10.0 Å². The van der Waals surface area contributed by atoms with Gasteiger partial charge in [-0.2, -0.15) is 4.31 Å².